The van der Waals surface area contributed by atoms with E-state index in [1.807, 2.05) is 4.90 Å². The van der Waals surface area contributed by atoms with Crippen LogP contribution in [0, 0.1) is 5.92 Å². The predicted octanol–water partition coefficient (Wildman–Crippen LogP) is 0.380. The maximum atomic E-state index is 11.0. The monoisotopic (exact) mass is 169 g/mol. The number of carbonyl (C=O) groups excluding carboxylic acids is 1. The average molecular weight is 169 g/mol. The molecule has 12 heavy (non-hydrogen) atoms. The van der Waals surface area contributed by atoms with Gasteiger partial charge in [-0.3, -0.25) is 4.79 Å². The second kappa shape index (κ2) is 2.46. The van der Waals surface area contributed by atoms with Crippen molar-refractivity contribution in [2.24, 2.45) is 5.92 Å². The number of likely N-dealkylation sites (tertiary alicyclic amines) is 1. The van der Waals surface area contributed by atoms with E-state index >= 15 is 0 Å². The minimum Gasteiger partial charge on any atom is -0.390 e. The van der Waals surface area contributed by atoms with E-state index in [0.717, 1.165) is 32.4 Å². The van der Waals surface area contributed by atoms with E-state index in [1.165, 1.54) is 0 Å². The molecule has 1 heterocycles. The third kappa shape index (κ3) is 1.22. The van der Waals surface area contributed by atoms with Crippen molar-refractivity contribution in [3.63, 3.8) is 0 Å². The van der Waals surface area contributed by atoms with Gasteiger partial charge in [0.2, 0.25) is 5.91 Å². The van der Waals surface area contributed by atoms with Gasteiger partial charge in [0.15, 0.2) is 0 Å². The molecule has 1 unspecified atom stereocenters. The highest BCUT2D eigenvalue weighted by atomic mass is 16.3. The number of amides is 1. The van der Waals surface area contributed by atoms with E-state index in [1.54, 1.807) is 6.92 Å². The molecule has 0 aromatic rings. The van der Waals surface area contributed by atoms with E-state index in [4.69, 9.17) is 0 Å². The molecule has 0 aromatic carbocycles. The van der Waals surface area contributed by atoms with Crippen LogP contribution in [0.4, 0.5) is 0 Å². The molecule has 3 heteroatoms. The molecule has 3 nitrogen and oxygen atoms in total. The number of rotatable bonds is 1. The van der Waals surface area contributed by atoms with Gasteiger partial charge in [0.1, 0.15) is 0 Å². The first kappa shape index (κ1) is 8.05. The number of carbonyl (C=O) groups is 1. The summed E-state index contributed by atoms with van der Waals surface area (Å²) in [6.45, 7) is 3.20. The smallest absolute Gasteiger partial charge is 0.219 e. The Hall–Kier alpha value is -0.570. The maximum absolute atomic E-state index is 11.0. The van der Waals surface area contributed by atoms with E-state index < -0.39 is 5.60 Å². The number of hydrogen-bond donors (Lipinski definition) is 1. The van der Waals surface area contributed by atoms with Crippen LogP contribution in [-0.4, -0.2) is 34.6 Å². The van der Waals surface area contributed by atoms with Gasteiger partial charge in [-0.1, -0.05) is 0 Å². The summed E-state index contributed by atoms with van der Waals surface area (Å²) in [5.41, 5.74) is -0.399. The van der Waals surface area contributed by atoms with Crippen LogP contribution in [0.1, 0.15) is 26.2 Å². The third-order valence-corrected chi connectivity index (χ3v) is 3.16. The van der Waals surface area contributed by atoms with Gasteiger partial charge in [0, 0.05) is 25.9 Å². The minimum absolute atomic E-state index is 0.141. The van der Waals surface area contributed by atoms with E-state index in [0.29, 0.717) is 5.92 Å². The molecular formula is C9H15NO2. The molecule has 1 aliphatic carbocycles. The molecule has 0 radical (unpaired) electrons. The molecule has 1 amide bonds. The standard InChI is InChI=1S/C9H15NO2/c1-7(11)10-5-2-8(6-10)9(12)3-4-9/h8,12H,2-6H2,1H3. The van der Waals surface area contributed by atoms with Crippen molar-refractivity contribution in [2.45, 2.75) is 31.8 Å². The second-order valence-electron chi connectivity index (χ2n) is 4.05. The number of aliphatic hydroxyl groups is 1. The summed E-state index contributed by atoms with van der Waals surface area (Å²) in [6, 6.07) is 0. The fourth-order valence-electron chi connectivity index (χ4n) is 2.02. The van der Waals surface area contributed by atoms with Gasteiger partial charge < -0.3 is 10.0 Å². The van der Waals surface area contributed by atoms with Gasteiger partial charge in [-0.2, -0.15) is 0 Å². The third-order valence-electron chi connectivity index (χ3n) is 3.16. The summed E-state index contributed by atoms with van der Waals surface area (Å²) in [5.74, 6) is 0.489. The Morgan fingerprint density at radius 2 is 2.25 bits per heavy atom. The van der Waals surface area contributed by atoms with Crippen molar-refractivity contribution in [2.75, 3.05) is 13.1 Å². The van der Waals surface area contributed by atoms with Gasteiger partial charge in [-0.25, -0.2) is 0 Å². The molecule has 1 saturated heterocycles. The molecule has 2 aliphatic rings. The Morgan fingerprint density at radius 3 is 2.67 bits per heavy atom. The number of hydrogen-bond acceptors (Lipinski definition) is 2. The van der Waals surface area contributed by atoms with Crippen LogP contribution in [0.15, 0.2) is 0 Å². The van der Waals surface area contributed by atoms with Crippen molar-refractivity contribution in [3.05, 3.63) is 0 Å². The summed E-state index contributed by atoms with van der Waals surface area (Å²) in [4.78, 5) is 12.8. The van der Waals surface area contributed by atoms with Crippen LogP contribution in [0.3, 0.4) is 0 Å². The molecule has 1 N–H and O–H groups in total. The van der Waals surface area contributed by atoms with Crippen LogP contribution in [0.25, 0.3) is 0 Å². The Bertz CT molecular complexity index is 211. The van der Waals surface area contributed by atoms with Crippen LogP contribution in [0.5, 0.6) is 0 Å². The van der Waals surface area contributed by atoms with Crippen molar-refractivity contribution >= 4 is 5.91 Å². The maximum Gasteiger partial charge on any atom is 0.219 e. The van der Waals surface area contributed by atoms with Gasteiger partial charge >= 0.3 is 0 Å². The Labute approximate surface area is 72.4 Å². The molecule has 1 atom stereocenters. The molecule has 0 bridgehead atoms. The highest BCUT2D eigenvalue weighted by molar-refractivity contribution is 5.73. The zero-order chi connectivity index (χ0) is 8.77. The van der Waals surface area contributed by atoms with Crippen molar-refractivity contribution in [1.29, 1.82) is 0 Å². The lowest BCUT2D eigenvalue weighted by atomic mass is 10.00. The van der Waals surface area contributed by atoms with Crippen LogP contribution < -0.4 is 0 Å². The van der Waals surface area contributed by atoms with Crippen molar-refractivity contribution in [1.82, 2.24) is 4.90 Å². The van der Waals surface area contributed by atoms with E-state index in [-0.39, 0.29) is 5.91 Å². The fraction of sp³-hybridized carbons (Fsp3) is 0.889. The summed E-state index contributed by atoms with van der Waals surface area (Å²) in [5, 5.41) is 9.79. The first-order chi connectivity index (χ1) is 5.62. The SMILES string of the molecule is CC(=O)N1CCC(C2(O)CC2)C1. The van der Waals surface area contributed by atoms with E-state index in [9.17, 15) is 9.90 Å². The average Bonchev–Trinajstić information content (AvgIpc) is 2.61. The molecule has 1 aliphatic heterocycles. The molecule has 1 saturated carbocycles. The lowest BCUT2D eigenvalue weighted by molar-refractivity contribution is -0.128. The zero-order valence-electron chi connectivity index (χ0n) is 7.42. The molecule has 2 fully saturated rings. The Morgan fingerprint density at radius 1 is 1.58 bits per heavy atom. The second-order valence-corrected chi connectivity index (χ2v) is 4.05. The normalized spacial score (nSPS) is 32.2. The van der Waals surface area contributed by atoms with Gasteiger partial charge in [0.25, 0.3) is 0 Å². The highest BCUT2D eigenvalue weighted by Crippen LogP contribution is 2.45. The van der Waals surface area contributed by atoms with Crippen molar-refractivity contribution in [3.8, 4) is 0 Å². The molecule has 2 rings (SSSR count). The summed E-state index contributed by atoms with van der Waals surface area (Å²) >= 11 is 0. The number of nitrogens with zero attached hydrogens (tertiary/aromatic N) is 1. The largest absolute Gasteiger partial charge is 0.390 e. The summed E-state index contributed by atoms with van der Waals surface area (Å²) in [7, 11) is 0. The van der Waals surface area contributed by atoms with Crippen LogP contribution >= 0.6 is 0 Å². The van der Waals surface area contributed by atoms with Gasteiger partial charge in [-0.05, 0) is 19.3 Å². The quantitative estimate of drug-likeness (QED) is 0.616. The Balaban J connectivity index is 1.94. The zero-order valence-corrected chi connectivity index (χ0v) is 7.42. The van der Waals surface area contributed by atoms with Crippen molar-refractivity contribution < 1.29 is 9.90 Å². The summed E-state index contributed by atoms with van der Waals surface area (Å²) < 4.78 is 0. The predicted molar refractivity (Wildman–Crippen MR) is 44.5 cm³/mol. The lowest BCUT2D eigenvalue weighted by Crippen LogP contribution is -2.29. The fourth-order valence-corrected chi connectivity index (χ4v) is 2.02. The molecule has 0 spiro atoms. The Kier molecular flexibility index (Phi) is 1.65. The molecule has 68 valence electrons. The molecular weight excluding hydrogens is 154 g/mol. The lowest BCUT2D eigenvalue weighted by Gasteiger charge is -2.17. The van der Waals surface area contributed by atoms with E-state index in [2.05, 4.69) is 0 Å². The highest BCUT2D eigenvalue weighted by Gasteiger charge is 2.49. The summed E-state index contributed by atoms with van der Waals surface area (Å²) in [6.07, 6.45) is 2.85. The minimum atomic E-state index is -0.399. The van der Waals surface area contributed by atoms with Crippen LogP contribution in [0.2, 0.25) is 0 Å². The van der Waals surface area contributed by atoms with Gasteiger partial charge in [-0.15, -0.1) is 0 Å². The first-order valence-corrected chi connectivity index (χ1v) is 4.60. The topological polar surface area (TPSA) is 40.5 Å². The molecule has 0 aromatic heterocycles. The van der Waals surface area contributed by atoms with Gasteiger partial charge in [0.05, 0.1) is 5.60 Å². The first-order valence-electron chi connectivity index (χ1n) is 4.60. The van der Waals surface area contributed by atoms with Crippen LogP contribution in [-0.2, 0) is 4.79 Å².